The highest BCUT2D eigenvalue weighted by Gasteiger charge is 2.11. The molecule has 1 aromatic heterocycles. The number of aromatic nitrogens is 2. The number of hydrogen-bond acceptors (Lipinski definition) is 4. The van der Waals surface area contributed by atoms with Crippen LogP contribution in [0, 0.1) is 0 Å². The lowest BCUT2D eigenvalue weighted by Crippen LogP contribution is -1.93. The molecule has 4 aromatic carbocycles. The molecule has 0 atom stereocenters. The number of nitrogens with one attached hydrogen (secondary N) is 1. The van der Waals surface area contributed by atoms with Crippen LogP contribution >= 0.6 is 0 Å². The SMILES string of the molecule is CCn1c(N=Nc2c(Nc3ccccc3)ccc3ccccc23)nc2ccccc21. The van der Waals surface area contributed by atoms with Gasteiger partial charge in [-0.2, -0.15) is 0 Å². The third-order valence-corrected chi connectivity index (χ3v) is 5.14. The summed E-state index contributed by atoms with van der Waals surface area (Å²) in [5.74, 6) is 0.609. The molecule has 0 amide bonds. The van der Waals surface area contributed by atoms with Gasteiger partial charge in [-0.3, -0.25) is 0 Å². The third-order valence-electron chi connectivity index (χ3n) is 5.14. The quantitative estimate of drug-likeness (QED) is 0.318. The first-order chi connectivity index (χ1) is 14.8. The zero-order valence-electron chi connectivity index (χ0n) is 16.7. The van der Waals surface area contributed by atoms with Crippen LogP contribution in [0.2, 0.25) is 0 Å². The topological polar surface area (TPSA) is 54.6 Å². The predicted octanol–water partition coefficient (Wildman–Crippen LogP) is 7.37. The molecule has 1 N–H and O–H groups in total. The second-order valence-electron chi connectivity index (χ2n) is 7.02. The first kappa shape index (κ1) is 18.1. The van der Waals surface area contributed by atoms with Crippen molar-refractivity contribution in [3.05, 3.63) is 91.0 Å². The minimum atomic E-state index is 0.609. The van der Waals surface area contributed by atoms with E-state index in [1.54, 1.807) is 0 Å². The number of anilines is 2. The molecule has 5 rings (SSSR count). The first-order valence-corrected chi connectivity index (χ1v) is 10.0. The Morgan fingerprint density at radius 2 is 1.57 bits per heavy atom. The van der Waals surface area contributed by atoms with Gasteiger partial charge in [-0.1, -0.05) is 60.7 Å². The van der Waals surface area contributed by atoms with Crippen LogP contribution in [-0.2, 0) is 6.54 Å². The molecule has 5 heteroatoms. The zero-order valence-corrected chi connectivity index (χ0v) is 16.7. The van der Waals surface area contributed by atoms with Gasteiger partial charge < -0.3 is 9.88 Å². The molecule has 5 aromatic rings. The number of hydrogen-bond donors (Lipinski definition) is 1. The van der Waals surface area contributed by atoms with Crippen LogP contribution < -0.4 is 5.32 Å². The molecular weight excluding hydrogens is 370 g/mol. The van der Waals surface area contributed by atoms with E-state index in [0.717, 1.165) is 45.4 Å². The number of imidazole rings is 1. The van der Waals surface area contributed by atoms with Gasteiger partial charge in [0.2, 0.25) is 5.95 Å². The number of aryl methyl sites for hydroxylation is 1. The van der Waals surface area contributed by atoms with Crippen LogP contribution in [0.15, 0.2) is 101 Å². The Kier molecular flexibility index (Phi) is 4.69. The normalized spacial score (nSPS) is 11.5. The monoisotopic (exact) mass is 391 g/mol. The van der Waals surface area contributed by atoms with Gasteiger partial charge in [-0.05, 0) is 42.6 Å². The van der Waals surface area contributed by atoms with E-state index in [1.165, 1.54) is 0 Å². The number of nitrogens with zero attached hydrogens (tertiary/aromatic N) is 4. The summed E-state index contributed by atoms with van der Waals surface area (Å²) in [7, 11) is 0. The molecule has 1 heterocycles. The van der Waals surface area contributed by atoms with E-state index in [0.29, 0.717) is 5.95 Å². The smallest absolute Gasteiger partial charge is 0.250 e. The fraction of sp³-hybridized carbons (Fsp3) is 0.0800. The molecule has 146 valence electrons. The molecule has 0 saturated carbocycles. The van der Waals surface area contributed by atoms with E-state index in [1.807, 2.05) is 66.7 Å². The highest BCUT2D eigenvalue weighted by atomic mass is 15.3. The summed E-state index contributed by atoms with van der Waals surface area (Å²) in [4.78, 5) is 4.67. The van der Waals surface area contributed by atoms with Crippen LogP contribution in [0.1, 0.15) is 6.92 Å². The van der Waals surface area contributed by atoms with Gasteiger partial charge >= 0.3 is 0 Å². The Balaban J connectivity index is 1.63. The fourth-order valence-electron chi connectivity index (χ4n) is 3.69. The van der Waals surface area contributed by atoms with Crippen LogP contribution in [0.25, 0.3) is 21.8 Å². The van der Waals surface area contributed by atoms with Crippen molar-refractivity contribution in [2.45, 2.75) is 13.5 Å². The van der Waals surface area contributed by atoms with Gasteiger partial charge in [-0.25, -0.2) is 4.98 Å². The molecule has 0 aliphatic heterocycles. The number of azo groups is 1. The Bertz CT molecular complexity index is 1350. The highest BCUT2D eigenvalue weighted by Crippen LogP contribution is 2.37. The average molecular weight is 391 g/mol. The van der Waals surface area contributed by atoms with Crippen LogP contribution in [-0.4, -0.2) is 9.55 Å². The molecule has 0 spiro atoms. The van der Waals surface area contributed by atoms with Crippen LogP contribution in [0.3, 0.4) is 0 Å². The minimum absolute atomic E-state index is 0.609. The van der Waals surface area contributed by atoms with E-state index in [2.05, 4.69) is 56.3 Å². The van der Waals surface area contributed by atoms with Gasteiger partial charge in [0.25, 0.3) is 0 Å². The van der Waals surface area contributed by atoms with E-state index >= 15 is 0 Å². The predicted molar refractivity (Wildman–Crippen MR) is 123 cm³/mol. The van der Waals surface area contributed by atoms with Crippen LogP contribution in [0.4, 0.5) is 23.0 Å². The Labute approximate surface area is 174 Å². The van der Waals surface area contributed by atoms with Gasteiger partial charge in [0.1, 0.15) is 5.69 Å². The summed E-state index contributed by atoms with van der Waals surface area (Å²) in [6.07, 6.45) is 0. The first-order valence-electron chi connectivity index (χ1n) is 10.0. The Morgan fingerprint density at radius 3 is 2.43 bits per heavy atom. The lowest BCUT2D eigenvalue weighted by molar-refractivity contribution is 0.782. The molecule has 30 heavy (non-hydrogen) atoms. The summed E-state index contributed by atoms with van der Waals surface area (Å²) in [5.41, 5.74) is 4.70. The van der Waals surface area contributed by atoms with Gasteiger partial charge in [-0.15, -0.1) is 10.2 Å². The lowest BCUT2D eigenvalue weighted by atomic mass is 10.1. The van der Waals surface area contributed by atoms with E-state index in [9.17, 15) is 0 Å². The van der Waals surface area contributed by atoms with Gasteiger partial charge in [0, 0.05) is 17.6 Å². The van der Waals surface area contributed by atoms with E-state index in [4.69, 9.17) is 0 Å². The van der Waals surface area contributed by atoms with E-state index in [-0.39, 0.29) is 0 Å². The van der Waals surface area contributed by atoms with Crippen molar-refractivity contribution in [1.82, 2.24) is 9.55 Å². The van der Waals surface area contributed by atoms with Crippen molar-refractivity contribution in [1.29, 1.82) is 0 Å². The molecule has 0 saturated heterocycles. The minimum Gasteiger partial charge on any atom is -0.354 e. The van der Waals surface area contributed by atoms with Crippen molar-refractivity contribution < 1.29 is 0 Å². The van der Waals surface area contributed by atoms with Gasteiger partial charge in [0.05, 0.1) is 16.7 Å². The van der Waals surface area contributed by atoms with Crippen molar-refractivity contribution in [3.8, 4) is 0 Å². The summed E-state index contributed by atoms with van der Waals surface area (Å²) < 4.78 is 2.08. The molecule has 5 nitrogen and oxygen atoms in total. The lowest BCUT2D eigenvalue weighted by Gasteiger charge is -2.11. The van der Waals surface area contributed by atoms with Crippen LogP contribution in [0.5, 0.6) is 0 Å². The summed E-state index contributed by atoms with van der Waals surface area (Å²) in [5, 5.41) is 14.9. The molecule has 0 aliphatic carbocycles. The number of rotatable bonds is 5. The maximum Gasteiger partial charge on any atom is 0.250 e. The van der Waals surface area contributed by atoms with Crippen molar-refractivity contribution in [2.24, 2.45) is 10.2 Å². The van der Waals surface area contributed by atoms with E-state index < -0.39 is 0 Å². The maximum absolute atomic E-state index is 4.68. The summed E-state index contributed by atoms with van der Waals surface area (Å²) >= 11 is 0. The molecule has 0 radical (unpaired) electrons. The second-order valence-corrected chi connectivity index (χ2v) is 7.02. The third kappa shape index (κ3) is 3.31. The van der Waals surface area contributed by atoms with Gasteiger partial charge in [0.15, 0.2) is 0 Å². The Morgan fingerprint density at radius 1 is 0.800 bits per heavy atom. The number of para-hydroxylation sites is 3. The summed E-state index contributed by atoms with van der Waals surface area (Å²) in [6.45, 7) is 2.87. The van der Waals surface area contributed by atoms with Crippen molar-refractivity contribution in [2.75, 3.05) is 5.32 Å². The summed E-state index contributed by atoms with van der Waals surface area (Å²) in [6, 6.07) is 30.5. The Hall–Kier alpha value is -3.99. The van der Waals surface area contributed by atoms with Crippen molar-refractivity contribution >= 4 is 44.8 Å². The molecule has 0 bridgehead atoms. The maximum atomic E-state index is 4.68. The number of benzene rings is 4. The van der Waals surface area contributed by atoms with Crippen molar-refractivity contribution in [3.63, 3.8) is 0 Å². The standard InChI is InChI=1S/C25H21N5/c1-2-30-23-15-9-8-14-21(23)27-25(30)29-28-24-20-13-7-6-10-18(20)16-17-22(24)26-19-11-4-3-5-12-19/h3-17,26H,2H2,1H3. The molecule has 0 fully saturated rings. The second kappa shape index (κ2) is 7.79. The average Bonchev–Trinajstić information content (AvgIpc) is 3.16. The highest BCUT2D eigenvalue weighted by molar-refractivity contribution is 5.99. The number of fused-ring (bicyclic) bond motifs is 2. The molecule has 0 aliphatic rings. The molecular formula is C25H21N5. The largest absolute Gasteiger partial charge is 0.354 e. The fourth-order valence-corrected chi connectivity index (χ4v) is 3.69. The molecule has 0 unspecified atom stereocenters. The zero-order chi connectivity index (χ0) is 20.3.